The summed E-state index contributed by atoms with van der Waals surface area (Å²) in [5.41, 5.74) is 5.70. The quantitative estimate of drug-likeness (QED) is 0.319. The summed E-state index contributed by atoms with van der Waals surface area (Å²) in [6, 6.07) is 26.1. The second kappa shape index (κ2) is 12.5. The molecule has 0 aliphatic heterocycles. The first-order valence-electron chi connectivity index (χ1n) is 11.8. The number of nitrogens with one attached hydrogen (secondary N) is 1. The number of hydrogen-bond acceptors (Lipinski definition) is 3. The molecule has 0 saturated carbocycles. The van der Waals surface area contributed by atoms with E-state index in [1.165, 1.54) is 19.3 Å². The molecule has 0 saturated heterocycles. The Morgan fingerprint density at radius 2 is 1.61 bits per heavy atom. The number of anilines is 2. The van der Waals surface area contributed by atoms with Gasteiger partial charge >= 0.3 is 0 Å². The molecule has 0 radical (unpaired) electrons. The van der Waals surface area contributed by atoms with Crippen LogP contribution >= 0.6 is 0 Å². The third-order valence-electron chi connectivity index (χ3n) is 5.87. The topological polar surface area (TPSA) is 56.1 Å². The number of rotatable bonds is 11. The van der Waals surface area contributed by atoms with Gasteiger partial charge in [-0.1, -0.05) is 81.1 Å². The van der Waals surface area contributed by atoms with Crippen LogP contribution < -0.4 is 5.32 Å². The predicted octanol–water partition coefficient (Wildman–Crippen LogP) is 7.29. The number of para-hydroxylation sites is 1. The van der Waals surface area contributed by atoms with Crippen molar-refractivity contribution < 1.29 is 4.79 Å². The Morgan fingerprint density at radius 1 is 0.909 bits per heavy atom. The lowest BCUT2D eigenvalue weighted by atomic mass is 9.99. The molecule has 0 aliphatic carbocycles. The average molecular weight is 440 g/mol. The summed E-state index contributed by atoms with van der Waals surface area (Å²) >= 11 is 0. The molecule has 0 aliphatic rings. The fourth-order valence-corrected chi connectivity index (χ4v) is 3.93. The molecule has 0 bridgehead atoms. The van der Waals surface area contributed by atoms with Crippen LogP contribution in [-0.4, -0.2) is 17.9 Å². The molecule has 170 valence electrons. The van der Waals surface area contributed by atoms with E-state index in [2.05, 4.69) is 42.6 Å². The van der Waals surface area contributed by atoms with Crippen LogP contribution in [0.2, 0.25) is 0 Å². The normalized spacial score (nSPS) is 10.5. The number of nitrogens with zero attached hydrogens (tertiary/aromatic N) is 2. The summed E-state index contributed by atoms with van der Waals surface area (Å²) < 4.78 is 0. The molecule has 0 heterocycles. The SMILES string of the molecule is CCCCCCCC(=O)N(C)Cc1ccccc1-c1ccc(Nc2ccccc2C#N)cc1. The van der Waals surface area contributed by atoms with Gasteiger partial charge in [-0.25, -0.2) is 0 Å². The number of benzene rings is 3. The molecule has 0 unspecified atom stereocenters. The molecule has 0 spiro atoms. The van der Waals surface area contributed by atoms with Gasteiger partial charge in [0.05, 0.1) is 11.3 Å². The lowest BCUT2D eigenvalue weighted by Crippen LogP contribution is -2.26. The smallest absolute Gasteiger partial charge is 0.222 e. The van der Waals surface area contributed by atoms with Gasteiger partial charge in [0.15, 0.2) is 0 Å². The minimum absolute atomic E-state index is 0.206. The van der Waals surface area contributed by atoms with Crippen LogP contribution in [0.25, 0.3) is 11.1 Å². The Balaban J connectivity index is 1.66. The average Bonchev–Trinajstić information content (AvgIpc) is 2.85. The van der Waals surface area contributed by atoms with Crippen molar-refractivity contribution in [3.05, 3.63) is 83.9 Å². The molecule has 0 fully saturated rings. The van der Waals surface area contributed by atoms with Crippen LogP contribution in [-0.2, 0) is 11.3 Å². The largest absolute Gasteiger partial charge is 0.354 e. The fraction of sp³-hybridized carbons (Fsp3) is 0.310. The highest BCUT2D eigenvalue weighted by Crippen LogP contribution is 2.28. The molecule has 0 aromatic heterocycles. The van der Waals surface area contributed by atoms with Crippen LogP contribution in [0.5, 0.6) is 0 Å². The summed E-state index contributed by atoms with van der Waals surface area (Å²) in [6.07, 6.45) is 6.39. The van der Waals surface area contributed by atoms with Crippen LogP contribution in [0.3, 0.4) is 0 Å². The maximum absolute atomic E-state index is 12.6. The van der Waals surface area contributed by atoms with E-state index in [-0.39, 0.29) is 5.91 Å². The van der Waals surface area contributed by atoms with Crippen molar-refractivity contribution in [1.82, 2.24) is 4.90 Å². The molecular weight excluding hydrogens is 406 g/mol. The minimum atomic E-state index is 0.206. The minimum Gasteiger partial charge on any atom is -0.354 e. The van der Waals surface area contributed by atoms with Gasteiger partial charge in [-0.3, -0.25) is 4.79 Å². The number of carbonyl (C=O) groups is 1. The van der Waals surface area contributed by atoms with Crippen molar-refractivity contribution in [2.75, 3.05) is 12.4 Å². The second-order valence-corrected chi connectivity index (χ2v) is 8.43. The van der Waals surface area contributed by atoms with Crippen molar-refractivity contribution in [2.24, 2.45) is 0 Å². The van der Waals surface area contributed by atoms with E-state index in [0.717, 1.165) is 40.9 Å². The molecule has 3 aromatic rings. The zero-order chi connectivity index (χ0) is 23.5. The van der Waals surface area contributed by atoms with Crippen molar-refractivity contribution in [3.63, 3.8) is 0 Å². The molecule has 1 amide bonds. The highest BCUT2D eigenvalue weighted by Gasteiger charge is 2.12. The van der Waals surface area contributed by atoms with Crippen molar-refractivity contribution >= 4 is 17.3 Å². The monoisotopic (exact) mass is 439 g/mol. The predicted molar refractivity (Wildman–Crippen MR) is 136 cm³/mol. The van der Waals surface area contributed by atoms with Crippen LogP contribution in [0.15, 0.2) is 72.8 Å². The number of amides is 1. The van der Waals surface area contributed by atoms with Crippen LogP contribution in [0.4, 0.5) is 11.4 Å². The first-order valence-corrected chi connectivity index (χ1v) is 11.8. The maximum atomic E-state index is 12.6. The van der Waals surface area contributed by atoms with Crippen LogP contribution in [0, 0.1) is 11.3 Å². The summed E-state index contributed by atoms with van der Waals surface area (Å²) in [5.74, 6) is 0.206. The number of carbonyl (C=O) groups excluding carboxylic acids is 1. The van der Waals surface area contributed by atoms with E-state index < -0.39 is 0 Å². The van der Waals surface area contributed by atoms with Crippen molar-refractivity contribution in [3.8, 4) is 17.2 Å². The maximum Gasteiger partial charge on any atom is 0.222 e. The molecule has 3 rings (SSSR count). The Hall–Kier alpha value is -3.58. The molecule has 0 atom stereocenters. The first kappa shape index (κ1) is 24.1. The highest BCUT2D eigenvalue weighted by molar-refractivity contribution is 5.77. The zero-order valence-corrected chi connectivity index (χ0v) is 19.7. The van der Waals surface area contributed by atoms with Gasteiger partial charge in [0, 0.05) is 25.7 Å². The van der Waals surface area contributed by atoms with E-state index in [9.17, 15) is 10.1 Å². The fourth-order valence-electron chi connectivity index (χ4n) is 3.93. The molecular formula is C29H33N3O. The summed E-state index contributed by atoms with van der Waals surface area (Å²) in [7, 11) is 1.89. The summed E-state index contributed by atoms with van der Waals surface area (Å²) in [4.78, 5) is 14.4. The van der Waals surface area contributed by atoms with Gasteiger partial charge in [0.2, 0.25) is 5.91 Å². The number of hydrogen-bond donors (Lipinski definition) is 1. The second-order valence-electron chi connectivity index (χ2n) is 8.43. The van der Waals surface area contributed by atoms with Crippen molar-refractivity contribution in [2.45, 2.75) is 52.0 Å². The Labute approximate surface area is 197 Å². The highest BCUT2D eigenvalue weighted by atomic mass is 16.2. The van der Waals surface area contributed by atoms with Gasteiger partial charge in [0.1, 0.15) is 6.07 Å². The first-order chi connectivity index (χ1) is 16.1. The lowest BCUT2D eigenvalue weighted by Gasteiger charge is -2.20. The summed E-state index contributed by atoms with van der Waals surface area (Å²) in [6.45, 7) is 2.80. The molecule has 33 heavy (non-hydrogen) atoms. The molecule has 1 N–H and O–H groups in total. The van der Waals surface area contributed by atoms with Gasteiger partial charge < -0.3 is 10.2 Å². The summed E-state index contributed by atoms with van der Waals surface area (Å²) in [5, 5.41) is 12.6. The van der Waals surface area contributed by atoms with E-state index in [1.54, 1.807) is 6.07 Å². The Kier molecular flexibility index (Phi) is 9.08. The van der Waals surface area contributed by atoms with Gasteiger partial charge in [0.25, 0.3) is 0 Å². The Bertz CT molecular complexity index is 1080. The molecule has 3 aromatic carbocycles. The van der Waals surface area contributed by atoms with E-state index in [0.29, 0.717) is 18.5 Å². The Morgan fingerprint density at radius 3 is 2.36 bits per heavy atom. The lowest BCUT2D eigenvalue weighted by molar-refractivity contribution is -0.130. The third-order valence-corrected chi connectivity index (χ3v) is 5.87. The number of nitriles is 1. The van der Waals surface area contributed by atoms with Crippen molar-refractivity contribution in [1.29, 1.82) is 5.26 Å². The van der Waals surface area contributed by atoms with Gasteiger partial charge in [-0.2, -0.15) is 5.26 Å². The third kappa shape index (κ3) is 6.95. The standard InChI is InChI=1S/C29H33N3O/c1-3-4-5-6-7-16-29(33)32(2)22-25-13-8-10-14-27(25)23-17-19-26(20-18-23)31-28-15-11-9-12-24(28)21-30/h8-15,17-20,31H,3-7,16,22H2,1-2H3. The van der Waals surface area contributed by atoms with Crippen LogP contribution in [0.1, 0.15) is 56.6 Å². The van der Waals surface area contributed by atoms with E-state index >= 15 is 0 Å². The van der Waals surface area contributed by atoms with Gasteiger partial charge in [-0.05, 0) is 47.4 Å². The molecule has 4 heteroatoms. The van der Waals surface area contributed by atoms with Gasteiger partial charge in [-0.15, -0.1) is 0 Å². The van der Waals surface area contributed by atoms with E-state index in [4.69, 9.17) is 0 Å². The number of unbranched alkanes of at least 4 members (excludes halogenated alkanes) is 4. The van der Waals surface area contributed by atoms with E-state index in [1.807, 2.05) is 54.4 Å². The zero-order valence-electron chi connectivity index (χ0n) is 19.7. The molecule has 4 nitrogen and oxygen atoms in total.